The molecule has 1 aromatic rings. The molecule has 0 spiro atoms. The Morgan fingerprint density at radius 1 is 1.43 bits per heavy atom. The molecule has 0 aromatic heterocycles. The SMILES string of the molecule is O=[N+]([O-])c1ccc(NC2(CO)CCCC2)cc1OC(F)F. The maximum absolute atomic E-state index is 12.3. The van der Waals surface area contributed by atoms with Crippen molar-refractivity contribution < 1.29 is 23.5 Å². The largest absolute Gasteiger partial charge is 0.427 e. The summed E-state index contributed by atoms with van der Waals surface area (Å²) in [5.41, 5.74) is -0.615. The van der Waals surface area contributed by atoms with Crippen molar-refractivity contribution in [2.45, 2.75) is 37.8 Å². The quantitative estimate of drug-likeness (QED) is 0.623. The van der Waals surface area contributed by atoms with Crippen LogP contribution in [0.15, 0.2) is 18.2 Å². The first kappa shape index (κ1) is 15.4. The van der Waals surface area contributed by atoms with E-state index in [2.05, 4.69) is 10.1 Å². The Labute approximate surface area is 119 Å². The van der Waals surface area contributed by atoms with E-state index in [0.29, 0.717) is 5.69 Å². The number of nitrogens with zero attached hydrogens (tertiary/aromatic N) is 1. The highest BCUT2D eigenvalue weighted by atomic mass is 19.3. The zero-order valence-electron chi connectivity index (χ0n) is 11.2. The van der Waals surface area contributed by atoms with Gasteiger partial charge in [0.2, 0.25) is 5.75 Å². The van der Waals surface area contributed by atoms with E-state index in [0.717, 1.165) is 31.7 Å². The van der Waals surface area contributed by atoms with Gasteiger partial charge in [-0.1, -0.05) is 12.8 Å². The van der Waals surface area contributed by atoms with Crippen molar-refractivity contribution in [1.82, 2.24) is 0 Å². The molecule has 1 fully saturated rings. The minimum Gasteiger partial charge on any atom is -0.427 e. The molecule has 0 bridgehead atoms. The first-order chi connectivity index (χ1) is 9.96. The second kappa shape index (κ2) is 6.21. The van der Waals surface area contributed by atoms with Gasteiger partial charge in [-0.25, -0.2) is 0 Å². The second-order valence-corrected chi connectivity index (χ2v) is 5.09. The standard InChI is InChI=1S/C13H16F2N2O4/c14-12(15)21-11-7-9(3-4-10(11)17(19)20)16-13(8-18)5-1-2-6-13/h3-4,7,12,16,18H,1-2,5-6,8H2. The number of halogens is 2. The highest BCUT2D eigenvalue weighted by Crippen LogP contribution is 2.36. The summed E-state index contributed by atoms with van der Waals surface area (Å²) in [4.78, 5) is 10.0. The Morgan fingerprint density at radius 2 is 2.10 bits per heavy atom. The van der Waals surface area contributed by atoms with Crippen molar-refractivity contribution >= 4 is 11.4 Å². The first-order valence-corrected chi connectivity index (χ1v) is 6.58. The van der Waals surface area contributed by atoms with Crippen molar-refractivity contribution in [1.29, 1.82) is 0 Å². The number of rotatable bonds is 6. The van der Waals surface area contributed by atoms with Crippen LogP contribution >= 0.6 is 0 Å². The molecule has 0 amide bonds. The predicted octanol–water partition coefficient (Wildman–Crippen LogP) is 2.91. The molecule has 1 aromatic carbocycles. The molecule has 21 heavy (non-hydrogen) atoms. The number of aliphatic hydroxyl groups excluding tert-OH is 1. The van der Waals surface area contributed by atoms with Crippen molar-refractivity contribution in [3.8, 4) is 5.75 Å². The molecule has 0 radical (unpaired) electrons. The fourth-order valence-corrected chi connectivity index (χ4v) is 2.61. The molecule has 1 saturated carbocycles. The van der Waals surface area contributed by atoms with Crippen LogP contribution in [-0.4, -0.2) is 28.8 Å². The van der Waals surface area contributed by atoms with E-state index < -0.39 is 28.5 Å². The van der Waals surface area contributed by atoms with Crippen LogP contribution in [-0.2, 0) is 0 Å². The van der Waals surface area contributed by atoms with Gasteiger partial charge in [0.15, 0.2) is 0 Å². The third-order valence-electron chi connectivity index (χ3n) is 3.65. The molecule has 0 saturated heterocycles. The molecular weight excluding hydrogens is 286 g/mol. The molecule has 8 heteroatoms. The molecule has 116 valence electrons. The Bertz CT molecular complexity index is 519. The lowest BCUT2D eigenvalue weighted by Crippen LogP contribution is -2.38. The zero-order chi connectivity index (χ0) is 15.5. The van der Waals surface area contributed by atoms with Crippen molar-refractivity contribution in [2.75, 3.05) is 11.9 Å². The summed E-state index contributed by atoms with van der Waals surface area (Å²) in [6.07, 6.45) is 3.43. The van der Waals surface area contributed by atoms with Crippen LogP contribution in [0.1, 0.15) is 25.7 Å². The van der Waals surface area contributed by atoms with Gasteiger partial charge in [-0.3, -0.25) is 10.1 Å². The Kier molecular flexibility index (Phi) is 4.56. The van der Waals surface area contributed by atoms with Gasteiger partial charge in [-0.2, -0.15) is 8.78 Å². The maximum Gasteiger partial charge on any atom is 0.387 e. The second-order valence-electron chi connectivity index (χ2n) is 5.09. The minimum absolute atomic E-state index is 0.0883. The predicted molar refractivity (Wildman–Crippen MR) is 71.6 cm³/mol. The number of alkyl halides is 2. The molecule has 0 unspecified atom stereocenters. The molecule has 2 N–H and O–H groups in total. The number of hydrogen-bond donors (Lipinski definition) is 2. The number of benzene rings is 1. The zero-order valence-corrected chi connectivity index (χ0v) is 11.2. The number of hydrogen-bond acceptors (Lipinski definition) is 5. The van der Waals surface area contributed by atoms with Crippen LogP contribution in [0.4, 0.5) is 20.2 Å². The van der Waals surface area contributed by atoms with Crippen LogP contribution in [0, 0.1) is 10.1 Å². The van der Waals surface area contributed by atoms with Crippen LogP contribution in [0.3, 0.4) is 0 Å². The molecular formula is C13H16F2N2O4. The smallest absolute Gasteiger partial charge is 0.387 e. The maximum atomic E-state index is 12.3. The van der Waals surface area contributed by atoms with E-state index in [9.17, 15) is 24.0 Å². The van der Waals surface area contributed by atoms with Crippen LogP contribution in [0.5, 0.6) is 5.75 Å². The summed E-state index contributed by atoms with van der Waals surface area (Å²) in [5, 5.41) is 23.4. The average molecular weight is 302 g/mol. The van der Waals surface area contributed by atoms with E-state index in [4.69, 9.17) is 0 Å². The molecule has 0 aliphatic heterocycles. The van der Waals surface area contributed by atoms with E-state index in [-0.39, 0.29) is 6.61 Å². The van der Waals surface area contributed by atoms with Gasteiger partial charge in [0.1, 0.15) is 0 Å². The lowest BCUT2D eigenvalue weighted by molar-refractivity contribution is -0.386. The van der Waals surface area contributed by atoms with Gasteiger partial charge < -0.3 is 15.2 Å². The summed E-state index contributed by atoms with van der Waals surface area (Å²) in [6, 6.07) is 3.70. The molecule has 6 nitrogen and oxygen atoms in total. The summed E-state index contributed by atoms with van der Waals surface area (Å²) < 4.78 is 28.9. The Hall–Kier alpha value is -1.96. The van der Waals surface area contributed by atoms with Gasteiger partial charge in [0, 0.05) is 17.8 Å². The first-order valence-electron chi connectivity index (χ1n) is 6.58. The summed E-state index contributed by atoms with van der Waals surface area (Å²) in [5.74, 6) is -0.494. The van der Waals surface area contributed by atoms with Gasteiger partial charge in [-0.15, -0.1) is 0 Å². The molecule has 0 atom stereocenters. The van der Waals surface area contributed by atoms with Gasteiger partial charge in [0.25, 0.3) is 0 Å². The van der Waals surface area contributed by atoms with E-state index in [1.54, 1.807) is 0 Å². The molecule has 0 heterocycles. The van der Waals surface area contributed by atoms with E-state index >= 15 is 0 Å². The van der Waals surface area contributed by atoms with Gasteiger partial charge in [-0.05, 0) is 18.9 Å². The molecule has 1 aliphatic rings. The number of anilines is 1. The van der Waals surface area contributed by atoms with Gasteiger partial charge >= 0.3 is 12.3 Å². The minimum atomic E-state index is -3.14. The highest BCUT2D eigenvalue weighted by Gasteiger charge is 2.33. The summed E-state index contributed by atoms with van der Waals surface area (Å²) in [6.45, 7) is -3.23. The van der Waals surface area contributed by atoms with Gasteiger partial charge in [0.05, 0.1) is 17.1 Å². The summed E-state index contributed by atoms with van der Waals surface area (Å²) in [7, 11) is 0. The number of aliphatic hydroxyl groups is 1. The number of nitrogens with one attached hydrogen (secondary N) is 1. The normalized spacial score (nSPS) is 17.0. The third kappa shape index (κ3) is 3.57. The van der Waals surface area contributed by atoms with Crippen LogP contribution < -0.4 is 10.1 Å². The fraction of sp³-hybridized carbons (Fsp3) is 0.538. The van der Waals surface area contributed by atoms with Crippen molar-refractivity contribution in [3.63, 3.8) is 0 Å². The molecule has 1 aliphatic carbocycles. The van der Waals surface area contributed by atoms with E-state index in [1.165, 1.54) is 12.1 Å². The number of nitro benzene ring substituents is 1. The van der Waals surface area contributed by atoms with Crippen LogP contribution in [0.2, 0.25) is 0 Å². The fourth-order valence-electron chi connectivity index (χ4n) is 2.61. The topological polar surface area (TPSA) is 84.6 Å². The van der Waals surface area contributed by atoms with Crippen molar-refractivity contribution in [2.24, 2.45) is 0 Å². The third-order valence-corrected chi connectivity index (χ3v) is 3.65. The van der Waals surface area contributed by atoms with E-state index in [1.807, 2.05) is 0 Å². The monoisotopic (exact) mass is 302 g/mol. The lowest BCUT2D eigenvalue weighted by Gasteiger charge is -2.29. The molecule has 2 rings (SSSR count). The summed E-state index contributed by atoms with van der Waals surface area (Å²) >= 11 is 0. The highest BCUT2D eigenvalue weighted by molar-refractivity contribution is 5.59. The Morgan fingerprint density at radius 3 is 2.62 bits per heavy atom. The van der Waals surface area contributed by atoms with Crippen LogP contribution in [0.25, 0.3) is 0 Å². The number of nitro groups is 1. The lowest BCUT2D eigenvalue weighted by atomic mass is 9.98. The number of ether oxygens (including phenoxy) is 1. The Balaban J connectivity index is 2.26. The average Bonchev–Trinajstić information content (AvgIpc) is 2.87. The van der Waals surface area contributed by atoms with Crippen molar-refractivity contribution in [3.05, 3.63) is 28.3 Å².